The molecule has 0 N–H and O–H groups in total. The van der Waals surface area contributed by atoms with E-state index in [1.807, 2.05) is 6.92 Å². The number of halogens is 1. The van der Waals surface area contributed by atoms with Gasteiger partial charge in [0.25, 0.3) is 0 Å². The van der Waals surface area contributed by atoms with Crippen molar-refractivity contribution in [3.05, 3.63) is 41.3 Å². The maximum atomic E-state index is 14.0. The van der Waals surface area contributed by atoms with Crippen molar-refractivity contribution >= 4 is 6.09 Å². The lowest BCUT2D eigenvalue weighted by Crippen LogP contribution is -2.53. The molecule has 2 heterocycles. The van der Waals surface area contributed by atoms with Crippen molar-refractivity contribution in [2.45, 2.75) is 33.4 Å². The van der Waals surface area contributed by atoms with E-state index in [9.17, 15) is 9.18 Å². The molecule has 1 saturated heterocycles. The summed E-state index contributed by atoms with van der Waals surface area (Å²) in [5.74, 6) is 0.105. The number of hydrogen-bond acceptors (Lipinski definition) is 5. The van der Waals surface area contributed by atoms with Crippen molar-refractivity contribution in [1.82, 2.24) is 15.0 Å². The van der Waals surface area contributed by atoms with E-state index in [1.54, 1.807) is 30.0 Å². The van der Waals surface area contributed by atoms with Gasteiger partial charge in [-0.1, -0.05) is 16.8 Å². The van der Waals surface area contributed by atoms with Gasteiger partial charge in [0.1, 0.15) is 5.82 Å². The van der Waals surface area contributed by atoms with Crippen molar-refractivity contribution in [2.24, 2.45) is 0 Å². The van der Waals surface area contributed by atoms with Gasteiger partial charge in [0.05, 0.1) is 17.9 Å². The van der Waals surface area contributed by atoms with E-state index in [0.29, 0.717) is 37.6 Å². The molecule has 1 aliphatic heterocycles. The summed E-state index contributed by atoms with van der Waals surface area (Å²) in [5.41, 5.74) is 2.13. The highest BCUT2D eigenvalue weighted by Gasteiger charge is 2.28. The zero-order chi connectivity index (χ0) is 18.7. The normalized spacial score (nSPS) is 18.2. The summed E-state index contributed by atoms with van der Waals surface area (Å²) in [7, 11) is 0. The standard InChI is InChI=1S/C19H24FN3O3/c1-4-25-19(24)23-8-7-22(14(3)11-23)12-15-10-18(26-21-15)16-9-13(2)5-6-17(16)20/h5-6,9-10,14H,4,7-8,11-12H2,1-3H3. The van der Waals surface area contributed by atoms with Crippen LogP contribution in [-0.4, -0.2) is 53.3 Å². The number of aryl methyl sites for hydroxylation is 1. The van der Waals surface area contributed by atoms with Gasteiger partial charge in [0.15, 0.2) is 5.76 Å². The minimum Gasteiger partial charge on any atom is -0.450 e. The second-order valence-corrected chi connectivity index (χ2v) is 6.63. The SMILES string of the molecule is CCOC(=O)N1CCN(Cc2cc(-c3cc(C)ccc3F)on2)C(C)C1. The molecule has 0 radical (unpaired) electrons. The van der Waals surface area contributed by atoms with Crippen LogP contribution < -0.4 is 0 Å². The Morgan fingerprint density at radius 2 is 2.19 bits per heavy atom. The molecule has 1 aromatic carbocycles. The van der Waals surface area contributed by atoms with Crippen molar-refractivity contribution in [3.63, 3.8) is 0 Å². The number of piperazine rings is 1. The average Bonchev–Trinajstić information content (AvgIpc) is 3.07. The van der Waals surface area contributed by atoms with Crippen LogP contribution >= 0.6 is 0 Å². The Morgan fingerprint density at radius 3 is 2.92 bits per heavy atom. The van der Waals surface area contributed by atoms with Crippen molar-refractivity contribution in [3.8, 4) is 11.3 Å². The topological polar surface area (TPSA) is 58.8 Å². The Bertz CT molecular complexity index is 777. The quantitative estimate of drug-likeness (QED) is 0.835. The van der Waals surface area contributed by atoms with Gasteiger partial charge in [-0.3, -0.25) is 4.90 Å². The molecule has 26 heavy (non-hydrogen) atoms. The second kappa shape index (κ2) is 7.86. The van der Waals surface area contributed by atoms with E-state index in [0.717, 1.165) is 17.8 Å². The number of nitrogens with zero attached hydrogens (tertiary/aromatic N) is 3. The summed E-state index contributed by atoms with van der Waals surface area (Å²) < 4.78 is 24.4. The Hall–Kier alpha value is -2.41. The van der Waals surface area contributed by atoms with Crippen LogP contribution in [-0.2, 0) is 11.3 Å². The lowest BCUT2D eigenvalue weighted by molar-refractivity contribution is 0.0535. The first kappa shape index (κ1) is 18.4. The summed E-state index contributed by atoms with van der Waals surface area (Å²) in [4.78, 5) is 15.8. The number of ether oxygens (including phenoxy) is 1. The lowest BCUT2D eigenvalue weighted by Gasteiger charge is -2.38. The highest BCUT2D eigenvalue weighted by molar-refractivity contribution is 5.67. The lowest BCUT2D eigenvalue weighted by atomic mass is 10.1. The average molecular weight is 361 g/mol. The van der Waals surface area contributed by atoms with E-state index in [1.165, 1.54) is 6.07 Å². The summed E-state index contributed by atoms with van der Waals surface area (Å²) in [5, 5.41) is 4.09. The number of hydrogen-bond donors (Lipinski definition) is 0. The first-order valence-electron chi connectivity index (χ1n) is 8.85. The van der Waals surface area contributed by atoms with E-state index >= 15 is 0 Å². The number of aromatic nitrogens is 1. The smallest absolute Gasteiger partial charge is 0.409 e. The van der Waals surface area contributed by atoms with Crippen LogP contribution in [0.25, 0.3) is 11.3 Å². The maximum Gasteiger partial charge on any atom is 0.409 e. The number of rotatable bonds is 4. The van der Waals surface area contributed by atoms with Crippen LogP contribution in [0, 0.1) is 12.7 Å². The maximum absolute atomic E-state index is 14.0. The molecule has 0 aliphatic carbocycles. The Morgan fingerprint density at radius 1 is 1.38 bits per heavy atom. The molecule has 0 bridgehead atoms. The second-order valence-electron chi connectivity index (χ2n) is 6.63. The molecule has 6 nitrogen and oxygen atoms in total. The van der Waals surface area contributed by atoms with E-state index in [-0.39, 0.29) is 18.0 Å². The minimum absolute atomic E-state index is 0.170. The third kappa shape index (κ3) is 4.04. The molecule has 1 unspecified atom stereocenters. The molecule has 1 atom stereocenters. The molecule has 140 valence electrons. The van der Waals surface area contributed by atoms with Crippen LogP contribution in [0.5, 0.6) is 0 Å². The summed E-state index contributed by atoms with van der Waals surface area (Å²) >= 11 is 0. The Balaban J connectivity index is 1.65. The van der Waals surface area contributed by atoms with Crippen molar-refractivity contribution in [1.29, 1.82) is 0 Å². The Labute approximate surface area is 152 Å². The van der Waals surface area contributed by atoms with Crippen LogP contribution in [0.15, 0.2) is 28.8 Å². The number of benzene rings is 1. The van der Waals surface area contributed by atoms with E-state index < -0.39 is 0 Å². The van der Waals surface area contributed by atoms with Gasteiger partial charge in [0, 0.05) is 38.3 Å². The molecule has 0 spiro atoms. The van der Waals surface area contributed by atoms with Gasteiger partial charge >= 0.3 is 6.09 Å². The van der Waals surface area contributed by atoms with Crippen LogP contribution in [0.4, 0.5) is 9.18 Å². The Kier molecular flexibility index (Phi) is 5.56. The highest BCUT2D eigenvalue weighted by Crippen LogP contribution is 2.25. The predicted octanol–water partition coefficient (Wildman–Crippen LogP) is 3.45. The van der Waals surface area contributed by atoms with Crippen LogP contribution in [0.2, 0.25) is 0 Å². The molecule has 0 saturated carbocycles. The zero-order valence-corrected chi connectivity index (χ0v) is 15.4. The van der Waals surface area contributed by atoms with Crippen LogP contribution in [0.3, 0.4) is 0 Å². The van der Waals surface area contributed by atoms with Gasteiger partial charge in [-0.15, -0.1) is 0 Å². The van der Waals surface area contributed by atoms with Gasteiger partial charge < -0.3 is 14.2 Å². The molecule has 1 aromatic heterocycles. The molecule has 1 aliphatic rings. The zero-order valence-electron chi connectivity index (χ0n) is 15.4. The van der Waals surface area contributed by atoms with Crippen molar-refractivity contribution in [2.75, 3.05) is 26.2 Å². The fourth-order valence-electron chi connectivity index (χ4n) is 3.16. The molecular formula is C19H24FN3O3. The largest absolute Gasteiger partial charge is 0.450 e. The molecular weight excluding hydrogens is 337 g/mol. The summed E-state index contributed by atoms with van der Waals surface area (Å²) in [6.07, 6.45) is -0.266. The third-order valence-corrected chi connectivity index (χ3v) is 4.60. The van der Waals surface area contributed by atoms with Gasteiger partial charge in [-0.25, -0.2) is 9.18 Å². The van der Waals surface area contributed by atoms with Crippen LogP contribution in [0.1, 0.15) is 25.1 Å². The summed E-state index contributed by atoms with van der Waals surface area (Å²) in [6, 6.07) is 6.86. The molecule has 7 heteroatoms. The minimum atomic E-state index is -0.324. The number of carbonyl (C=O) groups is 1. The van der Waals surface area contributed by atoms with E-state index in [4.69, 9.17) is 9.26 Å². The van der Waals surface area contributed by atoms with Gasteiger partial charge in [-0.05, 0) is 32.9 Å². The predicted molar refractivity (Wildman–Crippen MR) is 95.1 cm³/mol. The molecule has 1 fully saturated rings. The first-order chi connectivity index (χ1) is 12.5. The first-order valence-corrected chi connectivity index (χ1v) is 8.85. The number of carbonyl (C=O) groups excluding carboxylic acids is 1. The molecule has 2 aromatic rings. The van der Waals surface area contributed by atoms with Gasteiger partial charge in [-0.2, -0.15) is 0 Å². The molecule has 1 amide bonds. The van der Waals surface area contributed by atoms with E-state index in [2.05, 4.69) is 17.0 Å². The van der Waals surface area contributed by atoms with Gasteiger partial charge in [0.2, 0.25) is 0 Å². The summed E-state index contributed by atoms with van der Waals surface area (Å²) in [6.45, 7) is 8.69. The third-order valence-electron chi connectivity index (χ3n) is 4.60. The fourth-order valence-corrected chi connectivity index (χ4v) is 3.16. The fraction of sp³-hybridized carbons (Fsp3) is 0.474. The number of amides is 1. The monoisotopic (exact) mass is 361 g/mol. The highest BCUT2D eigenvalue weighted by atomic mass is 19.1. The molecule has 3 rings (SSSR count). The van der Waals surface area contributed by atoms with Crippen molar-refractivity contribution < 1.29 is 18.4 Å².